The fraction of sp³-hybridized carbons (Fsp3) is 0.148. The van der Waals surface area contributed by atoms with Gasteiger partial charge in [-0.15, -0.1) is 0 Å². The molecule has 0 radical (unpaired) electrons. The van der Waals surface area contributed by atoms with Crippen LogP contribution in [0.2, 0.25) is 15.1 Å². The fourth-order valence-electron chi connectivity index (χ4n) is 3.72. The van der Waals surface area contributed by atoms with Crippen molar-refractivity contribution in [2.24, 2.45) is 0 Å². The number of imide groups is 2. The summed E-state index contributed by atoms with van der Waals surface area (Å²) in [6.45, 7) is 3.94. The number of amides is 4. The highest BCUT2D eigenvalue weighted by Gasteiger charge is 2.37. The molecule has 0 aromatic heterocycles. The molecule has 37 heavy (non-hydrogen) atoms. The first-order valence-electron chi connectivity index (χ1n) is 11.2. The van der Waals surface area contributed by atoms with Gasteiger partial charge < -0.3 is 9.47 Å². The second-order valence-corrected chi connectivity index (χ2v) is 9.21. The average molecular weight is 560 g/mol. The largest absolute Gasteiger partial charge is 0.490 e. The van der Waals surface area contributed by atoms with Gasteiger partial charge in [0, 0.05) is 15.6 Å². The lowest BCUT2D eigenvalue weighted by molar-refractivity contribution is -0.122. The average Bonchev–Trinajstić information content (AvgIpc) is 2.85. The molecule has 1 fully saturated rings. The van der Waals surface area contributed by atoms with Gasteiger partial charge >= 0.3 is 6.03 Å². The van der Waals surface area contributed by atoms with Crippen LogP contribution in [0.3, 0.4) is 0 Å². The molecule has 0 saturated carbocycles. The maximum Gasteiger partial charge on any atom is 0.335 e. The van der Waals surface area contributed by atoms with Gasteiger partial charge in [0.05, 0.1) is 17.3 Å². The predicted octanol–water partition coefficient (Wildman–Crippen LogP) is 6.60. The minimum Gasteiger partial charge on any atom is -0.490 e. The molecule has 0 aliphatic carbocycles. The van der Waals surface area contributed by atoms with Crippen molar-refractivity contribution >= 4 is 64.4 Å². The Morgan fingerprint density at radius 2 is 1.65 bits per heavy atom. The lowest BCUT2D eigenvalue weighted by atomic mass is 10.1. The van der Waals surface area contributed by atoms with Gasteiger partial charge in [-0.1, -0.05) is 59.1 Å². The van der Waals surface area contributed by atoms with E-state index >= 15 is 0 Å². The molecular weight excluding hydrogens is 539 g/mol. The zero-order chi connectivity index (χ0) is 26.7. The Morgan fingerprint density at radius 1 is 0.919 bits per heavy atom. The quantitative estimate of drug-likeness (QED) is 0.260. The molecule has 1 N–H and O–H groups in total. The van der Waals surface area contributed by atoms with Gasteiger partial charge in [-0.2, -0.15) is 0 Å². The second-order valence-electron chi connectivity index (χ2n) is 7.98. The Kier molecular flexibility index (Phi) is 8.07. The molecule has 4 rings (SSSR count). The molecule has 0 unspecified atom stereocenters. The summed E-state index contributed by atoms with van der Waals surface area (Å²) in [7, 11) is 0. The van der Waals surface area contributed by atoms with Gasteiger partial charge in [-0.05, 0) is 61.4 Å². The van der Waals surface area contributed by atoms with E-state index in [1.54, 1.807) is 44.2 Å². The van der Waals surface area contributed by atoms with Crippen molar-refractivity contribution in [2.75, 3.05) is 11.5 Å². The number of hydrogen-bond donors (Lipinski definition) is 1. The Hall–Kier alpha value is -3.52. The number of rotatable bonds is 7. The van der Waals surface area contributed by atoms with E-state index in [-0.39, 0.29) is 28.6 Å². The Morgan fingerprint density at radius 3 is 2.38 bits per heavy atom. The van der Waals surface area contributed by atoms with Crippen molar-refractivity contribution in [3.05, 3.63) is 91.9 Å². The van der Waals surface area contributed by atoms with Crippen LogP contribution in [0.4, 0.5) is 10.5 Å². The smallest absolute Gasteiger partial charge is 0.335 e. The molecule has 4 amide bonds. The van der Waals surface area contributed by atoms with Crippen molar-refractivity contribution < 1.29 is 23.9 Å². The van der Waals surface area contributed by atoms with Crippen LogP contribution in [-0.4, -0.2) is 24.5 Å². The van der Waals surface area contributed by atoms with Gasteiger partial charge in [0.1, 0.15) is 12.2 Å². The fourth-order valence-corrected chi connectivity index (χ4v) is 4.35. The zero-order valence-corrected chi connectivity index (χ0v) is 22.1. The zero-order valence-electron chi connectivity index (χ0n) is 19.8. The third-order valence-electron chi connectivity index (χ3n) is 5.55. The predicted molar refractivity (Wildman–Crippen MR) is 144 cm³/mol. The number of halogens is 3. The number of nitrogens with one attached hydrogen (secondary N) is 1. The molecule has 3 aromatic carbocycles. The summed E-state index contributed by atoms with van der Waals surface area (Å²) in [5, 5.41) is 3.33. The van der Waals surface area contributed by atoms with Crippen LogP contribution in [0.15, 0.2) is 60.2 Å². The normalized spacial score (nSPS) is 14.7. The molecule has 1 heterocycles. The number of nitrogens with zero attached hydrogens (tertiary/aromatic N) is 1. The van der Waals surface area contributed by atoms with E-state index in [1.807, 2.05) is 18.2 Å². The van der Waals surface area contributed by atoms with Crippen LogP contribution in [-0.2, 0) is 16.2 Å². The molecular formula is C27H21Cl3N2O5. The lowest BCUT2D eigenvalue weighted by Crippen LogP contribution is -2.54. The minimum atomic E-state index is -0.867. The van der Waals surface area contributed by atoms with E-state index < -0.39 is 17.8 Å². The topological polar surface area (TPSA) is 84.9 Å². The van der Waals surface area contributed by atoms with Crippen molar-refractivity contribution in [3.63, 3.8) is 0 Å². The third kappa shape index (κ3) is 5.59. The first-order valence-corrected chi connectivity index (χ1v) is 12.3. The summed E-state index contributed by atoms with van der Waals surface area (Å²) in [5.74, 6) is -1.03. The van der Waals surface area contributed by atoms with Crippen molar-refractivity contribution in [1.29, 1.82) is 0 Å². The molecule has 1 aliphatic rings. The molecule has 0 bridgehead atoms. The molecule has 190 valence electrons. The van der Waals surface area contributed by atoms with Crippen molar-refractivity contribution in [1.82, 2.24) is 5.32 Å². The summed E-state index contributed by atoms with van der Waals surface area (Å²) >= 11 is 18.9. The highest BCUT2D eigenvalue weighted by molar-refractivity contribution is 6.40. The van der Waals surface area contributed by atoms with E-state index in [1.165, 1.54) is 12.1 Å². The monoisotopic (exact) mass is 558 g/mol. The second kappa shape index (κ2) is 11.3. The Bertz CT molecular complexity index is 1440. The van der Waals surface area contributed by atoms with E-state index in [0.717, 1.165) is 10.5 Å². The molecule has 0 atom stereocenters. The van der Waals surface area contributed by atoms with Crippen LogP contribution in [0.25, 0.3) is 6.08 Å². The number of ether oxygens (including phenoxy) is 2. The van der Waals surface area contributed by atoms with E-state index in [9.17, 15) is 14.4 Å². The van der Waals surface area contributed by atoms with E-state index in [0.29, 0.717) is 33.5 Å². The standard InChI is InChI=1S/C27H21Cl3N2O5/c1-3-36-23-13-16(12-21(30)24(23)37-14-17-7-4-5-8-20(17)29)11-18-25(33)31-27(35)32(26(18)34)22-10-6-9-19(28)15(22)2/h4-13H,3,14H2,1-2H3,(H,31,33,35)/b18-11+. The SMILES string of the molecule is CCOc1cc(/C=C2\C(=O)NC(=O)N(c3cccc(Cl)c3C)C2=O)cc(Cl)c1OCc1ccccc1Cl. The van der Waals surface area contributed by atoms with Crippen molar-refractivity contribution in [3.8, 4) is 11.5 Å². The lowest BCUT2D eigenvalue weighted by Gasteiger charge is -2.27. The Labute approximate surface area is 228 Å². The summed E-state index contributed by atoms with van der Waals surface area (Å²) < 4.78 is 11.6. The minimum absolute atomic E-state index is 0.150. The van der Waals surface area contributed by atoms with Gasteiger partial charge in [0.2, 0.25) is 0 Å². The number of hydrogen-bond acceptors (Lipinski definition) is 5. The highest BCUT2D eigenvalue weighted by atomic mass is 35.5. The summed E-state index contributed by atoms with van der Waals surface area (Å²) in [6, 6.07) is 14.3. The van der Waals surface area contributed by atoms with Crippen LogP contribution in [0, 0.1) is 6.92 Å². The molecule has 0 spiro atoms. The molecule has 10 heteroatoms. The molecule has 7 nitrogen and oxygen atoms in total. The summed E-state index contributed by atoms with van der Waals surface area (Å²) in [4.78, 5) is 39.4. The summed E-state index contributed by atoms with van der Waals surface area (Å²) in [6.07, 6.45) is 1.34. The van der Waals surface area contributed by atoms with Gasteiger partial charge in [0.25, 0.3) is 11.8 Å². The number of carbonyl (C=O) groups is 3. The maximum atomic E-state index is 13.3. The van der Waals surface area contributed by atoms with Gasteiger partial charge in [-0.3, -0.25) is 14.9 Å². The van der Waals surface area contributed by atoms with Gasteiger partial charge in [-0.25, -0.2) is 9.69 Å². The number of benzene rings is 3. The summed E-state index contributed by atoms with van der Waals surface area (Å²) in [5.41, 5.74) is 1.68. The number of barbiturate groups is 1. The molecule has 1 saturated heterocycles. The Balaban J connectivity index is 1.69. The number of anilines is 1. The van der Waals surface area contributed by atoms with Crippen molar-refractivity contribution in [2.45, 2.75) is 20.5 Å². The van der Waals surface area contributed by atoms with E-state index in [2.05, 4.69) is 5.32 Å². The van der Waals surface area contributed by atoms with Crippen LogP contribution < -0.4 is 19.7 Å². The van der Waals surface area contributed by atoms with Gasteiger partial charge in [0.15, 0.2) is 11.5 Å². The maximum absolute atomic E-state index is 13.3. The van der Waals surface area contributed by atoms with Crippen LogP contribution in [0.5, 0.6) is 11.5 Å². The number of urea groups is 1. The highest BCUT2D eigenvalue weighted by Crippen LogP contribution is 2.38. The first kappa shape index (κ1) is 26.5. The molecule has 3 aromatic rings. The van der Waals surface area contributed by atoms with Crippen LogP contribution >= 0.6 is 34.8 Å². The molecule has 1 aliphatic heterocycles. The first-order chi connectivity index (χ1) is 17.7. The van der Waals surface area contributed by atoms with E-state index in [4.69, 9.17) is 44.3 Å². The van der Waals surface area contributed by atoms with Crippen LogP contribution in [0.1, 0.15) is 23.6 Å². The third-order valence-corrected chi connectivity index (χ3v) is 6.61. The number of carbonyl (C=O) groups excluding carboxylic acids is 3.